The molecule has 1 heterocycles. The van der Waals surface area contributed by atoms with Crippen LogP contribution >= 0.6 is 11.6 Å². The molecule has 0 radical (unpaired) electrons. The van der Waals surface area contributed by atoms with E-state index in [0.717, 1.165) is 5.56 Å². The lowest BCUT2D eigenvalue weighted by molar-refractivity contribution is -0.121. The number of halogens is 1. The predicted molar refractivity (Wildman–Crippen MR) is 86.0 cm³/mol. The molecule has 1 aromatic heterocycles. The zero-order valence-electron chi connectivity index (χ0n) is 12.6. The molecule has 1 aromatic carbocycles. The number of H-pyrrole nitrogens is 1. The second kappa shape index (κ2) is 7.22. The lowest BCUT2D eigenvalue weighted by Gasteiger charge is -2.08. The Morgan fingerprint density at radius 2 is 2.05 bits per heavy atom. The van der Waals surface area contributed by atoms with Gasteiger partial charge in [-0.05, 0) is 31.9 Å². The van der Waals surface area contributed by atoms with Gasteiger partial charge in [0.1, 0.15) is 5.82 Å². The molecule has 0 saturated carbocycles. The van der Waals surface area contributed by atoms with E-state index in [4.69, 9.17) is 11.6 Å². The van der Waals surface area contributed by atoms with Crippen molar-refractivity contribution >= 4 is 17.5 Å². The van der Waals surface area contributed by atoms with E-state index < -0.39 is 0 Å². The molecule has 0 aliphatic heterocycles. The summed E-state index contributed by atoms with van der Waals surface area (Å²) in [5.74, 6) is 0.453. The van der Waals surface area contributed by atoms with Gasteiger partial charge in [-0.2, -0.15) is 0 Å². The summed E-state index contributed by atoms with van der Waals surface area (Å²) in [5.41, 5.74) is 1.91. The minimum atomic E-state index is -0.177. The lowest BCUT2D eigenvalue weighted by Crippen LogP contribution is -2.25. The molecule has 1 amide bonds. The van der Waals surface area contributed by atoms with Crippen LogP contribution in [0.2, 0.25) is 5.02 Å². The molecule has 0 bridgehead atoms. The number of amides is 1. The fraction of sp³-hybridized carbons (Fsp3) is 0.312. The highest BCUT2D eigenvalue weighted by atomic mass is 35.5. The lowest BCUT2D eigenvalue weighted by atomic mass is 10.1. The average Bonchev–Trinajstić information content (AvgIpc) is 2.45. The Hall–Kier alpha value is -2.14. The van der Waals surface area contributed by atoms with Crippen molar-refractivity contribution < 1.29 is 4.79 Å². The molecule has 6 heteroatoms. The first-order valence-corrected chi connectivity index (χ1v) is 7.41. The largest absolute Gasteiger partial charge is 0.352 e. The zero-order chi connectivity index (χ0) is 16.1. The minimum absolute atomic E-state index is 0.126. The zero-order valence-corrected chi connectivity index (χ0v) is 13.3. The molecule has 0 aliphatic rings. The first-order valence-electron chi connectivity index (χ1n) is 7.04. The first kappa shape index (κ1) is 16.2. The Labute approximate surface area is 133 Å². The summed E-state index contributed by atoms with van der Waals surface area (Å²) in [5, 5.41) is 3.43. The van der Waals surface area contributed by atoms with Crippen LogP contribution in [0.25, 0.3) is 0 Å². The number of carbonyl (C=O) groups excluding carboxylic acids is 1. The third kappa shape index (κ3) is 4.18. The van der Waals surface area contributed by atoms with Crippen molar-refractivity contribution in [2.24, 2.45) is 0 Å². The second-order valence-corrected chi connectivity index (χ2v) is 5.49. The second-order valence-electron chi connectivity index (χ2n) is 5.08. The van der Waals surface area contributed by atoms with Crippen LogP contribution in [0, 0.1) is 13.8 Å². The molecule has 2 aromatic rings. The van der Waals surface area contributed by atoms with Crippen LogP contribution in [0.5, 0.6) is 0 Å². The van der Waals surface area contributed by atoms with E-state index in [-0.39, 0.29) is 17.9 Å². The van der Waals surface area contributed by atoms with Gasteiger partial charge >= 0.3 is 0 Å². The Kier molecular flexibility index (Phi) is 5.33. The molecule has 116 valence electrons. The molecule has 0 fully saturated rings. The van der Waals surface area contributed by atoms with Crippen molar-refractivity contribution in [3.63, 3.8) is 0 Å². The SMILES string of the molecule is Cc1nc(C)c(CCC(=O)NCc2ccccc2Cl)c(=O)[nH]1. The highest BCUT2D eigenvalue weighted by Crippen LogP contribution is 2.14. The van der Waals surface area contributed by atoms with Crippen LogP contribution in [-0.4, -0.2) is 15.9 Å². The molecule has 0 atom stereocenters. The summed E-state index contributed by atoms with van der Waals surface area (Å²) in [7, 11) is 0. The number of aromatic amines is 1. The maximum absolute atomic E-state index is 11.9. The van der Waals surface area contributed by atoms with Crippen molar-refractivity contribution in [2.45, 2.75) is 33.2 Å². The minimum Gasteiger partial charge on any atom is -0.352 e. The number of hydrogen-bond donors (Lipinski definition) is 2. The van der Waals surface area contributed by atoms with E-state index in [1.165, 1.54) is 0 Å². The molecular weight excluding hydrogens is 302 g/mol. The molecule has 0 aliphatic carbocycles. The summed E-state index contributed by atoms with van der Waals surface area (Å²) in [6.45, 7) is 3.88. The number of carbonyl (C=O) groups is 1. The topological polar surface area (TPSA) is 74.8 Å². The number of nitrogens with one attached hydrogen (secondary N) is 2. The highest BCUT2D eigenvalue weighted by molar-refractivity contribution is 6.31. The monoisotopic (exact) mass is 319 g/mol. The van der Waals surface area contributed by atoms with E-state index in [0.29, 0.717) is 35.1 Å². The molecule has 2 N–H and O–H groups in total. The fourth-order valence-corrected chi connectivity index (χ4v) is 2.41. The molecule has 0 saturated heterocycles. The number of hydrogen-bond acceptors (Lipinski definition) is 3. The molecule has 0 spiro atoms. The summed E-state index contributed by atoms with van der Waals surface area (Å²) >= 11 is 6.03. The van der Waals surface area contributed by atoms with E-state index >= 15 is 0 Å². The van der Waals surface area contributed by atoms with Crippen molar-refractivity contribution in [3.8, 4) is 0 Å². The number of aryl methyl sites for hydroxylation is 2. The summed E-state index contributed by atoms with van der Waals surface area (Å²) < 4.78 is 0. The fourth-order valence-electron chi connectivity index (χ4n) is 2.21. The Balaban J connectivity index is 1.91. The highest BCUT2D eigenvalue weighted by Gasteiger charge is 2.10. The maximum Gasteiger partial charge on any atom is 0.254 e. The Morgan fingerprint density at radius 1 is 1.32 bits per heavy atom. The molecule has 2 rings (SSSR count). The van der Waals surface area contributed by atoms with Crippen LogP contribution < -0.4 is 10.9 Å². The van der Waals surface area contributed by atoms with Gasteiger partial charge in [-0.25, -0.2) is 4.98 Å². The van der Waals surface area contributed by atoms with Gasteiger partial charge < -0.3 is 10.3 Å². The average molecular weight is 320 g/mol. The van der Waals surface area contributed by atoms with Crippen molar-refractivity contribution in [1.29, 1.82) is 0 Å². The quantitative estimate of drug-likeness (QED) is 0.888. The van der Waals surface area contributed by atoms with Crippen molar-refractivity contribution in [1.82, 2.24) is 15.3 Å². The molecular formula is C16H18ClN3O2. The Bertz CT molecular complexity index is 740. The summed E-state index contributed by atoms with van der Waals surface area (Å²) in [6.07, 6.45) is 0.599. The number of benzene rings is 1. The Morgan fingerprint density at radius 3 is 2.73 bits per heavy atom. The maximum atomic E-state index is 11.9. The van der Waals surface area contributed by atoms with E-state index in [1.54, 1.807) is 19.9 Å². The van der Waals surface area contributed by atoms with Crippen LogP contribution in [0.3, 0.4) is 0 Å². The number of rotatable bonds is 5. The normalized spacial score (nSPS) is 10.5. The smallest absolute Gasteiger partial charge is 0.254 e. The molecule has 22 heavy (non-hydrogen) atoms. The van der Waals surface area contributed by atoms with Crippen molar-refractivity contribution in [3.05, 3.63) is 62.3 Å². The van der Waals surface area contributed by atoms with E-state index in [9.17, 15) is 9.59 Å². The molecule has 0 unspecified atom stereocenters. The standard InChI is InChI=1S/C16H18ClN3O2/c1-10-13(16(22)20-11(2)19-10)7-8-15(21)18-9-12-5-3-4-6-14(12)17/h3-6H,7-9H2,1-2H3,(H,18,21)(H,19,20,22). The third-order valence-corrected chi connectivity index (χ3v) is 3.75. The van der Waals surface area contributed by atoms with Crippen LogP contribution in [-0.2, 0) is 17.8 Å². The van der Waals surface area contributed by atoms with E-state index in [1.807, 2.05) is 18.2 Å². The third-order valence-electron chi connectivity index (χ3n) is 3.38. The van der Waals surface area contributed by atoms with Crippen LogP contribution in [0.4, 0.5) is 0 Å². The summed E-state index contributed by atoms with van der Waals surface area (Å²) in [6, 6.07) is 7.35. The van der Waals surface area contributed by atoms with Gasteiger partial charge in [0, 0.05) is 29.2 Å². The number of aromatic nitrogens is 2. The number of nitrogens with zero attached hydrogens (tertiary/aromatic N) is 1. The van der Waals surface area contributed by atoms with Gasteiger partial charge in [-0.3, -0.25) is 9.59 Å². The van der Waals surface area contributed by atoms with Gasteiger partial charge in [0.15, 0.2) is 0 Å². The van der Waals surface area contributed by atoms with Crippen LogP contribution in [0.15, 0.2) is 29.1 Å². The van der Waals surface area contributed by atoms with Crippen molar-refractivity contribution in [2.75, 3.05) is 0 Å². The van der Waals surface area contributed by atoms with Gasteiger partial charge in [-0.1, -0.05) is 29.8 Å². The van der Waals surface area contributed by atoms with Gasteiger partial charge in [0.2, 0.25) is 5.91 Å². The van der Waals surface area contributed by atoms with Gasteiger partial charge in [0.05, 0.1) is 0 Å². The van der Waals surface area contributed by atoms with Gasteiger partial charge in [0.25, 0.3) is 5.56 Å². The van der Waals surface area contributed by atoms with Crippen LogP contribution in [0.1, 0.15) is 29.1 Å². The van der Waals surface area contributed by atoms with Gasteiger partial charge in [-0.15, -0.1) is 0 Å². The summed E-state index contributed by atoms with van der Waals surface area (Å²) in [4.78, 5) is 30.6. The van der Waals surface area contributed by atoms with E-state index in [2.05, 4.69) is 15.3 Å². The first-order chi connectivity index (χ1) is 10.5. The molecule has 5 nitrogen and oxygen atoms in total. The predicted octanol–water partition coefficient (Wildman–Crippen LogP) is 2.29.